The first kappa shape index (κ1) is 14.0. The standard InChI is InChI=1S/C14H16N2O4/c17-14(18)12-8-11(16(19)20)6-7-13(12)15-9-10-4-2-1-3-5-10/h1-2,6-8,10,15H,3-5,9H2,(H,17,18). The van der Waals surface area contributed by atoms with Crippen molar-refractivity contribution >= 4 is 17.3 Å². The molecular weight excluding hydrogens is 260 g/mol. The summed E-state index contributed by atoms with van der Waals surface area (Å²) in [6.45, 7) is 0.669. The van der Waals surface area contributed by atoms with E-state index >= 15 is 0 Å². The van der Waals surface area contributed by atoms with Crippen molar-refractivity contribution in [3.05, 3.63) is 46.0 Å². The lowest BCUT2D eigenvalue weighted by molar-refractivity contribution is -0.384. The van der Waals surface area contributed by atoms with Crippen LogP contribution in [0.5, 0.6) is 0 Å². The maximum atomic E-state index is 11.2. The van der Waals surface area contributed by atoms with Gasteiger partial charge in [-0.2, -0.15) is 0 Å². The topological polar surface area (TPSA) is 92.5 Å². The smallest absolute Gasteiger partial charge is 0.338 e. The van der Waals surface area contributed by atoms with Gasteiger partial charge in [-0.1, -0.05) is 12.2 Å². The number of nitrogens with zero attached hydrogens (tertiary/aromatic N) is 1. The lowest BCUT2D eigenvalue weighted by Gasteiger charge is -2.19. The van der Waals surface area contributed by atoms with Crippen LogP contribution >= 0.6 is 0 Å². The van der Waals surface area contributed by atoms with E-state index < -0.39 is 10.9 Å². The van der Waals surface area contributed by atoms with Crippen LogP contribution < -0.4 is 5.32 Å². The summed E-state index contributed by atoms with van der Waals surface area (Å²) in [5.74, 6) is -0.698. The molecule has 0 spiro atoms. The van der Waals surface area contributed by atoms with E-state index in [0.717, 1.165) is 25.3 Å². The highest BCUT2D eigenvalue weighted by Gasteiger charge is 2.17. The normalized spacial score (nSPS) is 17.7. The van der Waals surface area contributed by atoms with Crippen LogP contribution in [0, 0.1) is 16.0 Å². The first-order valence-corrected chi connectivity index (χ1v) is 6.48. The molecule has 1 aliphatic rings. The summed E-state index contributed by atoms with van der Waals surface area (Å²) < 4.78 is 0. The van der Waals surface area contributed by atoms with Gasteiger partial charge in [-0.25, -0.2) is 4.79 Å². The summed E-state index contributed by atoms with van der Waals surface area (Å²) >= 11 is 0. The molecule has 0 saturated heterocycles. The Bertz CT molecular complexity index is 554. The number of benzene rings is 1. The van der Waals surface area contributed by atoms with Crippen molar-refractivity contribution < 1.29 is 14.8 Å². The fourth-order valence-electron chi connectivity index (χ4n) is 2.27. The average molecular weight is 276 g/mol. The highest BCUT2D eigenvalue weighted by Crippen LogP contribution is 2.24. The molecule has 6 nitrogen and oxygen atoms in total. The number of carboxylic acid groups (broad SMARTS) is 1. The van der Waals surface area contributed by atoms with Gasteiger partial charge in [-0.3, -0.25) is 10.1 Å². The van der Waals surface area contributed by atoms with Crippen molar-refractivity contribution in [2.24, 2.45) is 5.92 Å². The molecule has 2 rings (SSSR count). The number of aromatic carboxylic acids is 1. The second kappa shape index (κ2) is 6.18. The van der Waals surface area contributed by atoms with Crippen molar-refractivity contribution in [3.63, 3.8) is 0 Å². The zero-order valence-electron chi connectivity index (χ0n) is 10.9. The van der Waals surface area contributed by atoms with E-state index in [1.165, 1.54) is 12.1 Å². The molecule has 2 N–H and O–H groups in total. The second-order valence-corrected chi connectivity index (χ2v) is 4.82. The molecule has 0 aliphatic heterocycles. The van der Waals surface area contributed by atoms with Crippen molar-refractivity contribution in [1.29, 1.82) is 0 Å². The Labute approximate surface area is 116 Å². The van der Waals surface area contributed by atoms with Gasteiger partial charge in [0.05, 0.1) is 10.5 Å². The molecule has 20 heavy (non-hydrogen) atoms. The minimum atomic E-state index is -1.17. The second-order valence-electron chi connectivity index (χ2n) is 4.82. The van der Waals surface area contributed by atoms with Crippen LogP contribution in [0.2, 0.25) is 0 Å². The van der Waals surface area contributed by atoms with Crippen LogP contribution in [0.3, 0.4) is 0 Å². The van der Waals surface area contributed by atoms with Gasteiger partial charge < -0.3 is 10.4 Å². The summed E-state index contributed by atoms with van der Waals surface area (Å²) in [4.78, 5) is 21.3. The van der Waals surface area contributed by atoms with Crippen molar-refractivity contribution in [2.45, 2.75) is 19.3 Å². The number of allylic oxidation sites excluding steroid dienone is 2. The summed E-state index contributed by atoms with van der Waals surface area (Å²) in [5.41, 5.74) is 0.150. The van der Waals surface area contributed by atoms with E-state index in [9.17, 15) is 14.9 Å². The van der Waals surface area contributed by atoms with E-state index in [4.69, 9.17) is 5.11 Å². The predicted molar refractivity (Wildman–Crippen MR) is 75.0 cm³/mol. The van der Waals surface area contributed by atoms with Gasteiger partial charge in [0, 0.05) is 24.4 Å². The minimum Gasteiger partial charge on any atom is -0.478 e. The monoisotopic (exact) mass is 276 g/mol. The zero-order chi connectivity index (χ0) is 14.5. The quantitative estimate of drug-likeness (QED) is 0.490. The van der Waals surface area contributed by atoms with Crippen molar-refractivity contribution in [2.75, 3.05) is 11.9 Å². The SMILES string of the molecule is O=C(O)c1cc([N+](=O)[O-])ccc1NCC1CC=CCC1. The van der Waals surface area contributed by atoms with Gasteiger partial charge >= 0.3 is 5.97 Å². The fraction of sp³-hybridized carbons (Fsp3) is 0.357. The summed E-state index contributed by atoms with van der Waals surface area (Å²) in [6, 6.07) is 3.86. The molecular formula is C14H16N2O4. The number of hydrogen-bond acceptors (Lipinski definition) is 4. The van der Waals surface area contributed by atoms with Crippen LogP contribution in [-0.4, -0.2) is 22.5 Å². The van der Waals surface area contributed by atoms with Gasteiger partial charge in [-0.15, -0.1) is 0 Å². The summed E-state index contributed by atoms with van der Waals surface area (Å²) in [6.07, 6.45) is 7.36. The highest BCUT2D eigenvalue weighted by molar-refractivity contribution is 5.95. The van der Waals surface area contributed by atoms with Gasteiger partial charge in [0.2, 0.25) is 0 Å². The number of nitro benzene ring substituents is 1. The van der Waals surface area contributed by atoms with Crippen LogP contribution in [-0.2, 0) is 0 Å². The third-order valence-corrected chi connectivity index (χ3v) is 3.40. The lowest BCUT2D eigenvalue weighted by Crippen LogP contribution is -2.17. The number of carboxylic acids is 1. The largest absolute Gasteiger partial charge is 0.478 e. The van der Waals surface area contributed by atoms with Crippen LogP contribution in [0.4, 0.5) is 11.4 Å². The van der Waals surface area contributed by atoms with E-state index in [0.29, 0.717) is 18.2 Å². The molecule has 1 atom stereocenters. The molecule has 1 aromatic rings. The number of hydrogen-bond donors (Lipinski definition) is 2. The summed E-state index contributed by atoms with van der Waals surface area (Å²) in [5, 5.41) is 22.9. The molecule has 0 amide bonds. The number of rotatable bonds is 5. The maximum absolute atomic E-state index is 11.2. The Kier molecular flexibility index (Phi) is 4.34. The molecule has 0 saturated carbocycles. The molecule has 0 fully saturated rings. The first-order valence-electron chi connectivity index (χ1n) is 6.48. The molecule has 6 heteroatoms. The van der Waals surface area contributed by atoms with E-state index in [-0.39, 0.29) is 11.3 Å². The first-order chi connectivity index (χ1) is 9.58. The molecule has 1 aromatic carbocycles. The van der Waals surface area contributed by atoms with E-state index in [2.05, 4.69) is 17.5 Å². The maximum Gasteiger partial charge on any atom is 0.338 e. The van der Waals surface area contributed by atoms with E-state index in [1.807, 2.05) is 0 Å². The average Bonchev–Trinajstić information content (AvgIpc) is 2.45. The third-order valence-electron chi connectivity index (χ3n) is 3.40. The number of nitro groups is 1. The highest BCUT2D eigenvalue weighted by atomic mass is 16.6. The van der Waals surface area contributed by atoms with Crippen molar-refractivity contribution in [1.82, 2.24) is 0 Å². The number of non-ortho nitro benzene ring substituents is 1. The number of carbonyl (C=O) groups is 1. The third kappa shape index (κ3) is 3.34. The lowest BCUT2D eigenvalue weighted by atomic mass is 9.94. The van der Waals surface area contributed by atoms with Crippen molar-refractivity contribution in [3.8, 4) is 0 Å². The van der Waals surface area contributed by atoms with Crippen LogP contribution in [0.1, 0.15) is 29.6 Å². The number of anilines is 1. The van der Waals surface area contributed by atoms with Crippen LogP contribution in [0.25, 0.3) is 0 Å². The van der Waals surface area contributed by atoms with Gasteiger partial charge in [0.15, 0.2) is 0 Å². The molecule has 1 aliphatic carbocycles. The Balaban J connectivity index is 2.12. The Hall–Kier alpha value is -2.37. The Morgan fingerprint density at radius 1 is 1.45 bits per heavy atom. The van der Waals surface area contributed by atoms with Gasteiger partial charge in [-0.05, 0) is 31.2 Å². The number of nitrogens with one attached hydrogen (secondary N) is 1. The minimum absolute atomic E-state index is 0.0643. The molecule has 1 unspecified atom stereocenters. The predicted octanol–water partition coefficient (Wildman–Crippen LogP) is 3.06. The molecule has 0 aromatic heterocycles. The van der Waals surface area contributed by atoms with Crippen LogP contribution in [0.15, 0.2) is 30.4 Å². The molecule has 106 valence electrons. The zero-order valence-corrected chi connectivity index (χ0v) is 10.9. The van der Waals surface area contributed by atoms with Gasteiger partial charge in [0.25, 0.3) is 5.69 Å². The Morgan fingerprint density at radius 3 is 2.85 bits per heavy atom. The molecule has 0 heterocycles. The Morgan fingerprint density at radius 2 is 2.25 bits per heavy atom. The summed E-state index contributed by atoms with van der Waals surface area (Å²) in [7, 11) is 0. The molecule has 0 bridgehead atoms. The fourth-order valence-corrected chi connectivity index (χ4v) is 2.27. The molecule has 0 radical (unpaired) electrons. The van der Waals surface area contributed by atoms with E-state index in [1.54, 1.807) is 0 Å². The van der Waals surface area contributed by atoms with Gasteiger partial charge in [0.1, 0.15) is 0 Å².